The van der Waals surface area contributed by atoms with Gasteiger partial charge < -0.3 is 4.57 Å². The normalized spacial score (nSPS) is 12.3. The van der Waals surface area contributed by atoms with Crippen LogP contribution in [0.4, 0.5) is 0 Å². The van der Waals surface area contributed by atoms with Crippen molar-refractivity contribution in [2.45, 2.75) is 23.1 Å². The van der Waals surface area contributed by atoms with Crippen molar-refractivity contribution < 1.29 is 0 Å². The van der Waals surface area contributed by atoms with E-state index in [0.717, 1.165) is 22.9 Å². The summed E-state index contributed by atoms with van der Waals surface area (Å²) in [7, 11) is 0. The summed E-state index contributed by atoms with van der Waals surface area (Å²) < 4.78 is 2.05. The molecule has 0 aliphatic heterocycles. The van der Waals surface area contributed by atoms with Gasteiger partial charge in [-0.05, 0) is 36.2 Å². The van der Waals surface area contributed by atoms with E-state index in [0.29, 0.717) is 15.1 Å². The first-order chi connectivity index (χ1) is 12.0. The lowest BCUT2D eigenvalue weighted by molar-refractivity contribution is 0.656. The summed E-state index contributed by atoms with van der Waals surface area (Å²) >= 11 is 26.4. The van der Waals surface area contributed by atoms with Gasteiger partial charge in [-0.15, -0.1) is 11.8 Å². The average molecular weight is 432 g/mol. The lowest BCUT2D eigenvalue weighted by Gasteiger charge is -2.19. The number of imidazole rings is 1. The van der Waals surface area contributed by atoms with Crippen LogP contribution in [-0.4, -0.2) is 14.8 Å². The number of halogens is 4. The Morgan fingerprint density at radius 3 is 2.24 bits per heavy atom. The first-order valence-electron chi connectivity index (χ1n) is 7.52. The van der Waals surface area contributed by atoms with E-state index in [-0.39, 0.29) is 5.25 Å². The van der Waals surface area contributed by atoms with Crippen LogP contribution in [0.5, 0.6) is 0 Å². The predicted molar refractivity (Wildman–Crippen MR) is 109 cm³/mol. The van der Waals surface area contributed by atoms with Gasteiger partial charge in [0.1, 0.15) is 0 Å². The van der Waals surface area contributed by atoms with E-state index in [2.05, 4.69) is 4.98 Å². The highest BCUT2D eigenvalue weighted by Gasteiger charge is 2.17. The minimum absolute atomic E-state index is 0.214. The third-order valence-corrected chi connectivity index (χ3v) is 6.21. The molecule has 2 aromatic carbocycles. The van der Waals surface area contributed by atoms with Crippen molar-refractivity contribution in [2.24, 2.45) is 0 Å². The second kappa shape index (κ2) is 8.70. The van der Waals surface area contributed by atoms with Crippen LogP contribution < -0.4 is 0 Å². The minimum Gasteiger partial charge on any atom is -0.336 e. The smallest absolute Gasteiger partial charge is 0.0946 e. The zero-order valence-electron chi connectivity index (χ0n) is 13.0. The van der Waals surface area contributed by atoms with Gasteiger partial charge in [-0.1, -0.05) is 58.5 Å². The Kier molecular flexibility index (Phi) is 6.59. The van der Waals surface area contributed by atoms with Crippen LogP contribution in [0.15, 0.2) is 60.0 Å². The van der Waals surface area contributed by atoms with Crippen molar-refractivity contribution in [2.75, 3.05) is 0 Å². The van der Waals surface area contributed by atoms with Crippen LogP contribution in [0, 0.1) is 0 Å². The molecule has 3 aromatic rings. The summed E-state index contributed by atoms with van der Waals surface area (Å²) in [5, 5.41) is 2.60. The largest absolute Gasteiger partial charge is 0.336 e. The molecule has 3 rings (SSSR count). The Hall–Kier alpha value is -0.840. The van der Waals surface area contributed by atoms with Crippen molar-refractivity contribution in [3.8, 4) is 0 Å². The van der Waals surface area contributed by atoms with Crippen LogP contribution in [-0.2, 0) is 13.0 Å². The molecule has 25 heavy (non-hydrogen) atoms. The van der Waals surface area contributed by atoms with Gasteiger partial charge in [-0.2, -0.15) is 0 Å². The van der Waals surface area contributed by atoms with Gasteiger partial charge in [0.05, 0.1) is 16.4 Å². The molecular weight excluding hydrogens is 418 g/mol. The van der Waals surface area contributed by atoms with E-state index in [1.54, 1.807) is 36.4 Å². The molecule has 0 saturated carbocycles. The van der Waals surface area contributed by atoms with Crippen molar-refractivity contribution in [3.63, 3.8) is 0 Å². The molecule has 0 fully saturated rings. The lowest BCUT2D eigenvalue weighted by atomic mass is 10.1. The van der Waals surface area contributed by atoms with Gasteiger partial charge >= 0.3 is 0 Å². The zero-order valence-corrected chi connectivity index (χ0v) is 16.8. The second-order valence-corrected chi connectivity index (χ2v) is 8.53. The van der Waals surface area contributed by atoms with E-state index in [9.17, 15) is 0 Å². The summed E-state index contributed by atoms with van der Waals surface area (Å²) in [6, 6.07) is 11.3. The Morgan fingerprint density at radius 1 is 0.960 bits per heavy atom. The summed E-state index contributed by atoms with van der Waals surface area (Å²) in [6.07, 6.45) is 6.36. The third-order valence-electron chi connectivity index (χ3n) is 3.60. The number of aromatic nitrogens is 2. The highest BCUT2D eigenvalue weighted by molar-refractivity contribution is 8.00. The summed E-state index contributed by atoms with van der Waals surface area (Å²) in [6.45, 7) is 0.780. The fraction of sp³-hybridized carbons (Fsp3) is 0.167. The Bertz CT molecular complexity index is 812. The molecule has 0 aliphatic rings. The first-order valence-corrected chi connectivity index (χ1v) is 9.92. The Labute approximate surface area is 171 Å². The predicted octanol–water partition coefficient (Wildman–Crippen LogP) is 6.90. The number of hydrogen-bond donors (Lipinski definition) is 0. The molecule has 1 aromatic heterocycles. The van der Waals surface area contributed by atoms with Gasteiger partial charge in [0.25, 0.3) is 0 Å². The van der Waals surface area contributed by atoms with Crippen LogP contribution >= 0.6 is 58.2 Å². The molecule has 1 unspecified atom stereocenters. The summed E-state index contributed by atoms with van der Waals surface area (Å²) in [4.78, 5) is 4.95. The van der Waals surface area contributed by atoms with Crippen molar-refractivity contribution in [1.82, 2.24) is 9.55 Å². The molecule has 0 saturated heterocycles. The molecule has 0 aliphatic carbocycles. The van der Waals surface area contributed by atoms with Gasteiger partial charge in [-0.25, -0.2) is 4.98 Å². The molecular formula is C18H14Cl4N2S. The number of thioether (sulfide) groups is 1. The molecule has 1 heterocycles. The number of nitrogens with zero attached hydrogens (tertiary/aromatic N) is 2. The molecule has 0 radical (unpaired) electrons. The second-order valence-electron chi connectivity index (χ2n) is 5.53. The topological polar surface area (TPSA) is 17.8 Å². The van der Waals surface area contributed by atoms with Gasteiger partial charge in [-0.3, -0.25) is 0 Å². The number of hydrogen-bond acceptors (Lipinski definition) is 2. The van der Waals surface area contributed by atoms with E-state index >= 15 is 0 Å². The SMILES string of the molecule is Clc1ccc(CC(Cn2ccnc2)Sc2c(Cl)cc(Cl)cc2Cl)cc1. The van der Waals surface area contributed by atoms with Gasteiger partial charge in [0.15, 0.2) is 0 Å². The molecule has 0 amide bonds. The summed E-state index contributed by atoms with van der Waals surface area (Å²) in [5.41, 5.74) is 1.20. The molecule has 0 spiro atoms. The van der Waals surface area contributed by atoms with Gasteiger partial charge in [0.2, 0.25) is 0 Å². The Balaban J connectivity index is 1.84. The summed E-state index contributed by atoms with van der Waals surface area (Å²) in [5.74, 6) is 0. The molecule has 1 atom stereocenters. The molecule has 130 valence electrons. The molecule has 0 bridgehead atoms. The van der Waals surface area contributed by atoms with E-state index < -0.39 is 0 Å². The lowest BCUT2D eigenvalue weighted by Crippen LogP contribution is -2.15. The van der Waals surface area contributed by atoms with Crippen LogP contribution in [0.3, 0.4) is 0 Å². The molecule has 0 N–H and O–H groups in total. The van der Waals surface area contributed by atoms with E-state index in [1.807, 2.05) is 35.0 Å². The zero-order chi connectivity index (χ0) is 17.8. The van der Waals surface area contributed by atoms with Crippen LogP contribution in [0.2, 0.25) is 20.1 Å². The van der Waals surface area contributed by atoms with Crippen LogP contribution in [0.25, 0.3) is 0 Å². The molecule has 7 heteroatoms. The van der Waals surface area contributed by atoms with Crippen molar-refractivity contribution >= 4 is 58.2 Å². The van der Waals surface area contributed by atoms with E-state index in [4.69, 9.17) is 46.4 Å². The average Bonchev–Trinajstić information content (AvgIpc) is 3.06. The molecule has 2 nitrogen and oxygen atoms in total. The minimum atomic E-state index is 0.214. The standard InChI is InChI=1S/C18H14Cl4N2S/c19-13-3-1-12(2-4-13)7-15(10-24-6-5-23-11-24)25-18-16(21)8-14(20)9-17(18)22/h1-6,8-9,11,15H,7,10H2. The number of benzene rings is 2. The number of rotatable bonds is 6. The van der Waals surface area contributed by atoms with Crippen molar-refractivity contribution in [1.29, 1.82) is 0 Å². The monoisotopic (exact) mass is 430 g/mol. The fourth-order valence-electron chi connectivity index (χ4n) is 2.46. The maximum atomic E-state index is 6.36. The fourth-order valence-corrected chi connectivity index (χ4v) is 4.87. The highest BCUT2D eigenvalue weighted by atomic mass is 35.5. The van der Waals surface area contributed by atoms with Crippen LogP contribution in [0.1, 0.15) is 5.56 Å². The van der Waals surface area contributed by atoms with Gasteiger partial charge in [0, 0.05) is 39.1 Å². The maximum Gasteiger partial charge on any atom is 0.0946 e. The third kappa shape index (κ3) is 5.32. The highest BCUT2D eigenvalue weighted by Crippen LogP contribution is 2.39. The Morgan fingerprint density at radius 2 is 1.64 bits per heavy atom. The first kappa shape index (κ1) is 18.9. The van der Waals surface area contributed by atoms with E-state index in [1.165, 1.54) is 5.56 Å². The quantitative estimate of drug-likeness (QED) is 0.395. The van der Waals surface area contributed by atoms with Crippen molar-refractivity contribution in [3.05, 3.63) is 80.8 Å². The maximum absolute atomic E-state index is 6.36.